The molecule has 3 amide bonds. The molecule has 0 aromatic heterocycles. The first-order valence-electron chi connectivity index (χ1n) is 8.43. The van der Waals surface area contributed by atoms with Gasteiger partial charge in [0.05, 0.1) is 12.3 Å². The third-order valence-electron chi connectivity index (χ3n) is 4.19. The predicted octanol–water partition coefficient (Wildman–Crippen LogP) is 3.37. The second-order valence-electron chi connectivity index (χ2n) is 6.17. The summed E-state index contributed by atoms with van der Waals surface area (Å²) in [5.74, 6) is 0.0146. The Morgan fingerprint density at radius 1 is 1.04 bits per heavy atom. The Bertz CT molecular complexity index is 817. The molecule has 0 unspecified atom stereocenters. The summed E-state index contributed by atoms with van der Waals surface area (Å²) in [4.78, 5) is 37.8. The molecule has 1 fully saturated rings. The molecule has 6 heteroatoms. The van der Waals surface area contributed by atoms with Crippen LogP contribution >= 0.6 is 11.8 Å². The fourth-order valence-corrected chi connectivity index (χ4v) is 3.56. The van der Waals surface area contributed by atoms with Gasteiger partial charge >= 0.3 is 0 Å². The quantitative estimate of drug-likeness (QED) is 0.627. The molecule has 1 aliphatic heterocycles. The molecule has 0 atom stereocenters. The molecule has 5 nitrogen and oxygen atoms in total. The third kappa shape index (κ3) is 4.52. The maximum Gasteiger partial charge on any atom is 0.234 e. The highest BCUT2D eigenvalue weighted by Crippen LogP contribution is 2.22. The number of carbonyl (C=O) groups excluding carboxylic acids is 3. The minimum Gasteiger partial charge on any atom is -0.325 e. The topological polar surface area (TPSA) is 66.5 Å². The highest BCUT2D eigenvalue weighted by atomic mass is 32.2. The summed E-state index contributed by atoms with van der Waals surface area (Å²) in [5.41, 5.74) is 2.71. The van der Waals surface area contributed by atoms with Gasteiger partial charge in [0.2, 0.25) is 17.7 Å². The van der Waals surface area contributed by atoms with E-state index in [4.69, 9.17) is 0 Å². The SMILES string of the molecule is Cc1ccccc1SCC(=O)Nc1ccc(CN2C(=O)CCC2=O)cc1. The van der Waals surface area contributed by atoms with E-state index >= 15 is 0 Å². The summed E-state index contributed by atoms with van der Waals surface area (Å²) in [6.45, 7) is 2.31. The van der Waals surface area contributed by atoms with Crippen molar-refractivity contribution in [3.63, 3.8) is 0 Å². The number of thioether (sulfide) groups is 1. The minimum atomic E-state index is -0.124. The Morgan fingerprint density at radius 3 is 2.35 bits per heavy atom. The van der Waals surface area contributed by atoms with Crippen molar-refractivity contribution >= 4 is 35.2 Å². The molecule has 1 heterocycles. The van der Waals surface area contributed by atoms with Gasteiger partial charge in [0.15, 0.2) is 0 Å². The first kappa shape index (κ1) is 18.2. The zero-order valence-corrected chi connectivity index (χ0v) is 15.3. The number of hydrogen-bond donors (Lipinski definition) is 1. The Morgan fingerprint density at radius 2 is 1.69 bits per heavy atom. The summed E-state index contributed by atoms with van der Waals surface area (Å²) in [6.07, 6.45) is 0.594. The van der Waals surface area contributed by atoms with E-state index in [-0.39, 0.29) is 24.3 Å². The molecular weight excluding hydrogens is 348 g/mol. The number of likely N-dealkylation sites (tertiary alicyclic amines) is 1. The van der Waals surface area contributed by atoms with Crippen LogP contribution in [0.25, 0.3) is 0 Å². The van der Waals surface area contributed by atoms with Gasteiger partial charge in [0.1, 0.15) is 0 Å². The van der Waals surface area contributed by atoms with E-state index in [9.17, 15) is 14.4 Å². The van der Waals surface area contributed by atoms with Gasteiger partial charge in [-0.1, -0.05) is 30.3 Å². The average molecular weight is 368 g/mol. The molecule has 1 saturated heterocycles. The molecule has 0 radical (unpaired) electrons. The normalized spacial score (nSPS) is 14.0. The maximum absolute atomic E-state index is 12.1. The summed E-state index contributed by atoms with van der Waals surface area (Å²) in [5, 5.41) is 2.86. The van der Waals surface area contributed by atoms with Gasteiger partial charge in [-0.05, 0) is 36.2 Å². The summed E-state index contributed by atoms with van der Waals surface area (Å²) >= 11 is 1.51. The molecule has 134 valence electrons. The van der Waals surface area contributed by atoms with Gasteiger partial charge in [-0.2, -0.15) is 0 Å². The minimum absolute atomic E-state index is 0.0732. The molecule has 2 aromatic rings. The number of aryl methyl sites for hydroxylation is 1. The van der Waals surface area contributed by atoms with Crippen LogP contribution in [0.2, 0.25) is 0 Å². The molecule has 0 saturated carbocycles. The van der Waals surface area contributed by atoms with E-state index < -0.39 is 0 Å². The van der Waals surface area contributed by atoms with Crippen LogP contribution in [0.15, 0.2) is 53.4 Å². The van der Waals surface area contributed by atoms with Gasteiger partial charge in [-0.3, -0.25) is 19.3 Å². The van der Waals surface area contributed by atoms with Crippen molar-refractivity contribution in [3.8, 4) is 0 Å². The number of benzene rings is 2. The number of rotatable bonds is 6. The predicted molar refractivity (Wildman–Crippen MR) is 102 cm³/mol. The standard InChI is InChI=1S/C20H20N2O3S/c1-14-4-2-3-5-17(14)26-13-18(23)21-16-8-6-15(7-9-16)12-22-19(24)10-11-20(22)25/h2-9H,10-13H2,1H3,(H,21,23). The largest absolute Gasteiger partial charge is 0.325 e. The Hall–Kier alpha value is -2.60. The molecule has 26 heavy (non-hydrogen) atoms. The molecule has 1 aliphatic rings. The smallest absolute Gasteiger partial charge is 0.234 e. The second kappa shape index (κ2) is 8.19. The molecule has 3 rings (SSSR count). The zero-order chi connectivity index (χ0) is 18.5. The monoisotopic (exact) mass is 368 g/mol. The first-order chi connectivity index (χ1) is 12.5. The molecule has 0 aliphatic carbocycles. The fourth-order valence-electron chi connectivity index (χ4n) is 2.73. The Labute approximate surface area is 156 Å². The van der Waals surface area contributed by atoms with Crippen molar-refractivity contribution in [1.29, 1.82) is 0 Å². The van der Waals surface area contributed by atoms with Gasteiger partial charge in [0, 0.05) is 23.4 Å². The lowest BCUT2D eigenvalue weighted by Crippen LogP contribution is -2.28. The van der Waals surface area contributed by atoms with Crippen LogP contribution in [-0.2, 0) is 20.9 Å². The molecule has 0 spiro atoms. The molecule has 0 bridgehead atoms. The van der Waals surface area contributed by atoms with Gasteiger partial charge < -0.3 is 5.32 Å². The van der Waals surface area contributed by atoms with E-state index in [1.807, 2.05) is 43.3 Å². The number of anilines is 1. The van der Waals surface area contributed by atoms with Crippen molar-refractivity contribution in [2.45, 2.75) is 31.2 Å². The zero-order valence-electron chi connectivity index (χ0n) is 14.5. The van der Waals surface area contributed by atoms with E-state index in [1.165, 1.54) is 16.7 Å². The van der Waals surface area contributed by atoms with Gasteiger partial charge in [-0.15, -0.1) is 11.8 Å². The number of hydrogen-bond acceptors (Lipinski definition) is 4. The Kier molecular flexibility index (Phi) is 5.73. The van der Waals surface area contributed by atoms with Crippen LogP contribution in [0, 0.1) is 6.92 Å². The second-order valence-corrected chi connectivity index (χ2v) is 7.19. The van der Waals surface area contributed by atoms with Crippen LogP contribution in [-0.4, -0.2) is 28.4 Å². The average Bonchev–Trinajstić information content (AvgIpc) is 2.94. The highest BCUT2D eigenvalue weighted by Gasteiger charge is 2.28. The number of nitrogens with one attached hydrogen (secondary N) is 1. The summed E-state index contributed by atoms with van der Waals surface area (Å²) in [7, 11) is 0. The van der Waals surface area contributed by atoms with Crippen molar-refractivity contribution in [2.24, 2.45) is 0 Å². The number of carbonyl (C=O) groups is 3. The fraction of sp³-hybridized carbons (Fsp3) is 0.250. The van der Waals surface area contributed by atoms with E-state index in [2.05, 4.69) is 5.32 Å². The summed E-state index contributed by atoms with van der Waals surface area (Å²) in [6, 6.07) is 15.2. The van der Waals surface area contributed by atoms with Gasteiger partial charge in [-0.25, -0.2) is 0 Å². The van der Waals surface area contributed by atoms with Crippen molar-refractivity contribution in [1.82, 2.24) is 4.90 Å². The van der Waals surface area contributed by atoms with Crippen LogP contribution in [0.4, 0.5) is 5.69 Å². The van der Waals surface area contributed by atoms with E-state index in [1.54, 1.807) is 12.1 Å². The summed E-state index contributed by atoms with van der Waals surface area (Å²) < 4.78 is 0. The molecule has 2 aromatic carbocycles. The third-order valence-corrected chi connectivity index (χ3v) is 5.36. The van der Waals surface area contributed by atoms with Crippen LogP contribution < -0.4 is 5.32 Å². The van der Waals surface area contributed by atoms with Crippen molar-refractivity contribution in [2.75, 3.05) is 11.1 Å². The number of nitrogens with zero attached hydrogens (tertiary/aromatic N) is 1. The van der Waals surface area contributed by atoms with E-state index in [0.29, 0.717) is 24.3 Å². The van der Waals surface area contributed by atoms with Crippen LogP contribution in [0.5, 0.6) is 0 Å². The van der Waals surface area contributed by atoms with Gasteiger partial charge in [0.25, 0.3) is 0 Å². The van der Waals surface area contributed by atoms with Crippen molar-refractivity contribution in [3.05, 3.63) is 59.7 Å². The lowest BCUT2D eigenvalue weighted by molar-refractivity contribution is -0.139. The van der Waals surface area contributed by atoms with E-state index in [0.717, 1.165) is 16.0 Å². The molecular formula is C20H20N2O3S. The van der Waals surface area contributed by atoms with Crippen LogP contribution in [0.3, 0.4) is 0 Å². The first-order valence-corrected chi connectivity index (χ1v) is 9.42. The Balaban J connectivity index is 1.52. The number of amides is 3. The lowest BCUT2D eigenvalue weighted by atomic mass is 10.2. The van der Waals surface area contributed by atoms with Crippen LogP contribution in [0.1, 0.15) is 24.0 Å². The maximum atomic E-state index is 12.1. The highest BCUT2D eigenvalue weighted by molar-refractivity contribution is 8.00. The molecule has 1 N–H and O–H groups in total. The lowest BCUT2D eigenvalue weighted by Gasteiger charge is -2.14. The number of imide groups is 1. The van der Waals surface area contributed by atoms with Crippen molar-refractivity contribution < 1.29 is 14.4 Å².